The third-order valence-electron chi connectivity index (χ3n) is 3.59. The number of hydrogen-bond donors (Lipinski definition) is 2. The first-order valence-electron chi connectivity index (χ1n) is 7.36. The Morgan fingerprint density at radius 3 is 2.41 bits per heavy atom. The molecule has 0 aliphatic carbocycles. The molecule has 0 fully saturated rings. The lowest BCUT2D eigenvalue weighted by atomic mass is 9.97. The first-order chi connectivity index (χ1) is 10.5. The molecule has 0 aliphatic rings. The maximum atomic E-state index is 10.5. The van der Waals surface area contributed by atoms with Crippen molar-refractivity contribution < 1.29 is 10.2 Å². The standard InChI is InChI=1S/C18H20Cl2O2/c1-12(19)7-8-16(21)10-14-9-15(20)11-17(18(14)22)13-5-3-2-4-6-13/h2-6,9,11-12,16,21-22H,7-8,10H2,1H3. The summed E-state index contributed by atoms with van der Waals surface area (Å²) in [6, 6.07) is 13.0. The third kappa shape index (κ3) is 4.64. The second-order valence-electron chi connectivity index (χ2n) is 5.54. The minimum Gasteiger partial charge on any atom is -0.507 e. The van der Waals surface area contributed by atoms with Crippen LogP contribution in [0.3, 0.4) is 0 Å². The van der Waals surface area contributed by atoms with Gasteiger partial charge >= 0.3 is 0 Å². The van der Waals surface area contributed by atoms with Gasteiger partial charge in [0.1, 0.15) is 5.75 Å². The average molecular weight is 339 g/mol. The molecule has 2 rings (SSSR count). The molecule has 2 aromatic rings. The van der Waals surface area contributed by atoms with Crippen LogP contribution in [0.25, 0.3) is 11.1 Å². The topological polar surface area (TPSA) is 40.5 Å². The quantitative estimate of drug-likeness (QED) is 0.725. The summed E-state index contributed by atoms with van der Waals surface area (Å²) < 4.78 is 0. The molecule has 0 heterocycles. The Morgan fingerprint density at radius 2 is 1.77 bits per heavy atom. The number of hydrogen-bond acceptors (Lipinski definition) is 2. The van der Waals surface area contributed by atoms with Crippen LogP contribution in [0.2, 0.25) is 5.02 Å². The number of alkyl halides is 1. The molecule has 118 valence electrons. The van der Waals surface area contributed by atoms with Gasteiger partial charge in [-0.05, 0) is 43.0 Å². The van der Waals surface area contributed by atoms with E-state index in [1.165, 1.54) is 0 Å². The summed E-state index contributed by atoms with van der Waals surface area (Å²) in [7, 11) is 0. The predicted molar refractivity (Wildman–Crippen MR) is 92.8 cm³/mol. The second-order valence-corrected chi connectivity index (χ2v) is 6.72. The summed E-state index contributed by atoms with van der Waals surface area (Å²) in [4.78, 5) is 0. The molecule has 2 unspecified atom stereocenters. The highest BCUT2D eigenvalue weighted by Crippen LogP contribution is 2.36. The Bertz CT molecular complexity index is 612. The SMILES string of the molecule is CC(Cl)CCC(O)Cc1cc(Cl)cc(-c2ccccc2)c1O. The van der Waals surface area contributed by atoms with Crippen molar-refractivity contribution in [2.24, 2.45) is 0 Å². The van der Waals surface area contributed by atoms with Crippen molar-refractivity contribution in [1.29, 1.82) is 0 Å². The third-order valence-corrected chi connectivity index (χ3v) is 4.03. The molecular formula is C18H20Cl2O2. The molecule has 0 bridgehead atoms. The lowest BCUT2D eigenvalue weighted by Crippen LogP contribution is -2.12. The zero-order chi connectivity index (χ0) is 16.1. The summed E-state index contributed by atoms with van der Waals surface area (Å²) in [5, 5.41) is 21.2. The zero-order valence-electron chi connectivity index (χ0n) is 12.5. The van der Waals surface area contributed by atoms with Crippen molar-refractivity contribution in [2.75, 3.05) is 0 Å². The summed E-state index contributed by atoms with van der Waals surface area (Å²) >= 11 is 12.1. The number of rotatable bonds is 6. The van der Waals surface area contributed by atoms with Crippen molar-refractivity contribution in [1.82, 2.24) is 0 Å². The van der Waals surface area contributed by atoms with E-state index in [0.29, 0.717) is 29.0 Å². The lowest BCUT2D eigenvalue weighted by Gasteiger charge is -2.15. The van der Waals surface area contributed by atoms with Gasteiger partial charge in [0.15, 0.2) is 0 Å². The number of aliphatic hydroxyl groups is 1. The summed E-state index contributed by atoms with van der Waals surface area (Å²) in [5.74, 6) is 0.175. The number of phenolic OH excluding ortho intramolecular Hbond substituents is 1. The van der Waals surface area contributed by atoms with Crippen LogP contribution in [0, 0.1) is 0 Å². The molecule has 0 spiro atoms. The highest BCUT2D eigenvalue weighted by atomic mass is 35.5. The molecule has 2 N–H and O–H groups in total. The van der Waals surface area contributed by atoms with Gasteiger partial charge in [-0.1, -0.05) is 41.9 Å². The van der Waals surface area contributed by atoms with E-state index in [-0.39, 0.29) is 11.1 Å². The van der Waals surface area contributed by atoms with E-state index in [1.54, 1.807) is 12.1 Å². The maximum Gasteiger partial charge on any atom is 0.126 e. The van der Waals surface area contributed by atoms with E-state index >= 15 is 0 Å². The highest BCUT2D eigenvalue weighted by molar-refractivity contribution is 6.31. The van der Waals surface area contributed by atoms with Gasteiger partial charge in [0.05, 0.1) is 6.10 Å². The number of halogens is 2. The van der Waals surface area contributed by atoms with E-state index < -0.39 is 6.10 Å². The van der Waals surface area contributed by atoms with Crippen molar-refractivity contribution >= 4 is 23.2 Å². The molecule has 0 radical (unpaired) electrons. The molecule has 0 aliphatic heterocycles. The normalized spacial score (nSPS) is 13.8. The van der Waals surface area contributed by atoms with Crippen LogP contribution in [-0.2, 0) is 6.42 Å². The van der Waals surface area contributed by atoms with Crippen LogP contribution < -0.4 is 0 Å². The van der Waals surface area contributed by atoms with Crippen molar-refractivity contribution in [3.63, 3.8) is 0 Å². The predicted octanol–water partition coefficient (Wildman–Crippen LogP) is 5.02. The highest BCUT2D eigenvalue weighted by Gasteiger charge is 2.15. The summed E-state index contributed by atoms with van der Waals surface area (Å²) in [6.45, 7) is 1.90. The Morgan fingerprint density at radius 1 is 1.09 bits per heavy atom. The Hall–Kier alpha value is -1.22. The smallest absolute Gasteiger partial charge is 0.126 e. The molecule has 22 heavy (non-hydrogen) atoms. The Kier molecular flexibility index (Phi) is 6.13. The number of benzene rings is 2. The fraction of sp³-hybridized carbons (Fsp3) is 0.333. The molecule has 2 aromatic carbocycles. The van der Waals surface area contributed by atoms with Gasteiger partial charge in [-0.25, -0.2) is 0 Å². The number of phenols is 1. The van der Waals surface area contributed by atoms with Gasteiger partial charge in [0, 0.05) is 22.4 Å². The molecule has 2 nitrogen and oxygen atoms in total. The molecule has 0 aromatic heterocycles. The largest absolute Gasteiger partial charge is 0.507 e. The second kappa shape index (κ2) is 7.87. The summed E-state index contributed by atoms with van der Waals surface area (Å²) in [5.41, 5.74) is 2.23. The molecule has 0 amide bonds. The van der Waals surface area contributed by atoms with Crippen LogP contribution in [-0.4, -0.2) is 21.7 Å². The first kappa shape index (κ1) is 17.1. The molecule has 0 saturated carbocycles. The molecule has 2 atom stereocenters. The van der Waals surface area contributed by atoms with Gasteiger partial charge in [0.2, 0.25) is 0 Å². The zero-order valence-corrected chi connectivity index (χ0v) is 14.0. The molecule has 4 heteroatoms. The minimum atomic E-state index is -0.547. The van der Waals surface area contributed by atoms with Crippen LogP contribution in [0.15, 0.2) is 42.5 Å². The molecular weight excluding hydrogens is 319 g/mol. The number of aromatic hydroxyl groups is 1. The monoisotopic (exact) mass is 338 g/mol. The van der Waals surface area contributed by atoms with Crippen LogP contribution in [0.1, 0.15) is 25.3 Å². The Labute approximate surface area is 141 Å². The minimum absolute atomic E-state index is 0.0301. The van der Waals surface area contributed by atoms with Crippen LogP contribution >= 0.6 is 23.2 Å². The van der Waals surface area contributed by atoms with Crippen LogP contribution in [0.5, 0.6) is 5.75 Å². The van der Waals surface area contributed by atoms with Crippen molar-refractivity contribution in [3.8, 4) is 16.9 Å². The van der Waals surface area contributed by atoms with Crippen LogP contribution in [0.4, 0.5) is 0 Å². The van der Waals surface area contributed by atoms with Crippen molar-refractivity contribution in [2.45, 2.75) is 37.7 Å². The average Bonchev–Trinajstić information content (AvgIpc) is 2.49. The fourth-order valence-electron chi connectivity index (χ4n) is 2.43. The van der Waals surface area contributed by atoms with Gasteiger partial charge < -0.3 is 10.2 Å². The number of aliphatic hydroxyl groups excluding tert-OH is 1. The Balaban J connectivity index is 2.24. The van der Waals surface area contributed by atoms with E-state index in [0.717, 1.165) is 12.0 Å². The van der Waals surface area contributed by atoms with Gasteiger partial charge in [-0.2, -0.15) is 0 Å². The van der Waals surface area contributed by atoms with Gasteiger partial charge in [-0.3, -0.25) is 0 Å². The maximum absolute atomic E-state index is 10.5. The van der Waals surface area contributed by atoms with E-state index in [1.807, 2.05) is 37.3 Å². The van der Waals surface area contributed by atoms with Gasteiger partial charge in [-0.15, -0.1) is 11.6 Å². The van der Waals surface area contributed by atoms with E-state index in [2.05, 4.69) is 0 Å². The van der Waals surface area contributed by atoms with E-state index in [4.69, 9.17) is 23.2 Å². The molecule has 0 saturated heterocycles. The first-order valence-corrected chi connectivity index (χ1v) is 8.17. The lowest BCUT2D eigenvalue weighted by molar-refractivity contribution is 0.161. The van der Waals surface area contributed by atoms with E-state index in [9.17, 15) is 10.2 Å². The fourth-order valence-corrected chi connectivity index (χ4v) is 2.79. The van der Waals surface area contributed by atoms with Crippen molar-refractivity contribution in [3.05, 3.63) is 53.1 Å². The summed E-state index contributed by atoms with van der Waals surface area (Å²) in [6.07, 6.45) is 1.14. The van der Waals surface area contributed by atoms with Gasteiger partial charge in [0.25, 0.3) is 0 Å².